The quantitative estimate of drug-likeness (QED) is 0.894. The third-order valence-corrected chi connectivity index (χ3v) is 2.63. The van der Waals surface area contributed by atoms with E-state index in [1.54, 1.807) is 0 Å². The van der Waals surface area contributed by atoms with Crippen molar-refractivity contribution in [2.45, 2.75) is 0 Å². The first-order valence-electron chi connectivity index (χ1n) is 5.40. The Kier molecular flexibility index (Phi) is 3.41. The lowest BCUT2D eigenvalue weighted by Gasteiger charge is -2.10. The first-order valence-corrected chi connectivity index (χ1v) is 5.40. The van der Waals surface area contributed by atoms with Gasteiger partial charge in [-0.1, -0.05) is 6.07 Å². The lowest BCUT2D eigenvalue weighted by molar-refractivity contribution is 0.0698. The number of anilines is 1. The smallest absolute Gasteiger partial charge is 0.340 e. The Bertz CT molecular complexity index is 645. The van der Waals surface area contributed by atoms with Gasteiger partial charge in [0.1, 0.15) is 11.4 Å². The van der Waals surface area contributed by atoms with E-state index in [-0.39, 0.29) is 22.5 Å². The molecule has 2 rings (SSSR count). The highest BCUT2D eigenvalue weighted by atomic mass is 19.2. The number of halogens is 2. The number of carboxylic acid groups (broad SMARTS) is 1. The number of benzene rings is 1. The summed E-state index contributed by atoms with van der Waals surface area (Å²) in [5.74, 6) is -3.05. The summed E-state index contributed by atoms with van der Waals surface area (Å²) in [4.78, 5) is 15.2. The molecule has 0 unspecified atom stereocenters. The second kappa shape index (κ2) is 5.01. The predicted octanol–water partition coefficient (Wildman–Crippen LogP) is 2.77. The normalized spacial score (nSPS) is 10.3. The number of hydrogen-bond donors (Lipinski definition) is 2. The summed E-state index contributed by atoms with van der Waals surface area (Å²) in [5.41, 5.74) is 0.456. The van der Waals surface area contributed by atoms with E-state index in [1.165, 1.54) is 25.4 Å². The first-order chi connectivity index (χ1) is 9.04. The highest BCUT2D eigenvalue weighted by molar-refractivity contribution is 6.00. The summed E-state index contributed by atoms with van der Waals surface area (Å²) in [6, 6.07) is 4.67. The predicted molar refractivity (Wildman–Crippen MR) is 66.1 cm³/mol. The molecule has 98 valence electrons. The van der Waals surface area contributed by atoms with E-state index in [0.717, 1.165) is 12.1 Å². The highest BCUT2D eigenvalue weighted by Gasteiger charge is 2.18. The summed E-state index contributed by atoms with van der Waals surface area (Å²) in [6.45, 7) is 0. The van der Waals surface area contributed by atoms with Crippen molar-refractivity contribution in [1.82, 2.24) is 4.98 Å². The van der Waals surface area contributed by atoms with Gasteiger partial charge in [-0.05, 0) is 23.8 Å². The standard InChI is InChI=1S/C13H10F2N2O2/c1-16-12-11(13(18)19)8(4-5-17-12)7-2-3-9(14)10(15)6-7/h2-6H,1H3,(H,16,17)(H,18,19). The van der Waals surface area contributed by atoms with Crippen LogP contribution in [0.25, 0.3) is 11.1 Å². The molecule has 1 heterocycles. The Hall–Kier alpha value is -2.50. The van der Waals surface area contributed by atoms with Crippen molar-refractivity contribution in [3.05, 3.63) is 47.7 Å². The molecule has 19 heavy (non-hydrogen) atoms. The fourth-order valence-corrected chi connectivity index (χ4v) is 1.77. The zero-order valence-corrected chi connectivity index (χ0v) is 9.95. The van der Waals surface area contributed by atoms with Crippen molar-refractivity contribution < 1.29 is 18.7 Å². The maximum absolute atomic E-state index is 13.2. The van der Waals surface area contributed by atoms with Crippen molar-refractivity contribution in [3.8, 4) is 11.1 Å². The third-order valence-electron chi connectivity index (χ3n) is 2.63. The van der Waals surface area contributed by atoms with Crippen LogP contribution in [0, 0.1) is 11.6 Å². The molecule has 0 aliphatic rings. The number of carbonyl (C=O) groups is 1. The second-order valence-electron chi connectivity index (χ2n) is 3.77. The van der Waals surface area contributed by atoms with Gasteiger partial charge in [0.25, 0.3) is 0 Å². The molecule has 0 radical (unpaired) electrons. The number of carboxylic acids is 1. The average Bonchev–Trinajstić information content (AvgIpc) is 2.40. The van der Waals surface area contributed by atoms with Gasteiger partial charge in [-0.2, -0.15) is 0 Å². The molecular weight excluding hydrogens is 254 g/mol. The van der Waals surface area contributed by atoms with E-state index in [0.29, 0.717) is 0 Å². The minimum absolute atomic E-state index is 0.0870. The second-order valence-corrected chi connectivity index (χ2v) is 3.77. The average molecular weight is 264 g/mol. The summed E-state index contributed by atoms with van der Waals surface area (Å²) in [7, 11) is 1.53. The van der Waals surface area contributed by atoms with Crippen LogP contribution in [0.2, 0.25) is 0 Å². The molecule has 6 heteroatoms. The van der Waals surface area contributed by atoms with Crippen LogP contribution < -0.4 is 5.32 Å². The van der Waals surface area contributed by atoms with Crippen LogP contribution in [0.5, 0.6) is 0 Å². The molecule has 2 aromatic rings. The fourth-order valence-electron chi connectivity index (χ4n) is 1.77. The van der Waals surface area contributed by atoms with E-state index < -0.39 is 17.6 Å². The summed E-state index contributed by atoms with van der Waals surface area (Å²) < 4.78 is 26.1. The van der Waals surface area contributed by atoms with Gasteiger partial charge >= 0.3 is 5.97 Å². The van der Waals surface area contributed by atoms with E-state index in [1.807, 2.05) is 0 Å². The molecule has 0 atom stereocenters. The number of aromatic nitrogens is 1. The number of pyridine rings is 1. The molecule has 2 N–H and O–H groups in total. The summed E-state index contributed by atoms with van der Waals surface area (Å²) >= 11 is 0. The minimum Gasteiger partial charge on any atom is -0.478 e. The first kappa shape index (κ1) is 12.9. The zero-order chi connectivity index (χ0) is 14.0. The molecule has 4 nitrogen and oxygen atoms in total. The van der Waals surface area contributed by atoms with Crippen LogP contribution in [0.1, 0.15) is 10.4 Å². The molecular formula is C13H10F2N2O2. The Labute approximate surface area is 107 Å². The monoisotopic (exact) mass is 264 g/mol. The van der Waals surface area contributed by atoms with Gasteiger partial charge in [-0.15, -0.1) is 0 Å². The van der Waals surface area contributed by atoms with E-state index in [2.05, 4.69) is 10.3 Å². The summed E-state index contributed by atoms with van der Waals surface area (Å²) in [5, 5.41) is 11.9. The van der Waals surface area contributed by atoms with Gasteiger partial charge in [0.2, 0.25) is 0 Å². The highest BCUT2D eigenvalue weighted by Crippen LogP contribution is 2.28. The molecule has 0 saturated carbocycles. The van der Waals surface area contributed by atoms with Crippen LogP contribution >= 0.6 is 0 Å². The van der Waals surface area contributed by atoms with E-state index in [4.69, 9.17) is 0 Å². The third kappa shape index (κ3) is 2.37. The van der Waals surface area contributed by atoms with Crippen molar-refractivity contribution in [2.24, 2.45) is 0 Å². The van der Waals surface area contributed by atoms with Gasteiger partial charge in [0.05, 0.1) is 0 Å². The van der Waals surface area contributed by atoms with Crippen molar-refractivity contribution in [3.63, 3.8) is 0 Å². The molecule has 0 bridgehead atoms. The van der Waals surface area contributed by atoms with Gasteiger partial charge in [-0.25, -0.2) is 18.6 Å². The molecule has 0 amide bonds. The van der Waals surface area contributed by atoms with Gasteiger partial charge in [0.15, 0.2) is 11.6 Å². The Morgan fingerprint density at radius 3 is 2.58 bits per heavy atom. The van der Waals surface area contributed by atoms with Crippen molar-refractivity contribution in [1.29, 1.82) is 0 Å². The van der Waals surface area contributed by atoms with Crippen molar-refractivity contribution >= 4 is 11.8 Å². The van der Waals surface area contributed by atoms with Crippen LogP contribution in [-0.2, 0) is 0 Å². The topological polar surface area (TPSA) is 62.2 Å². The zero-order valence-electron chi connectivity index (χ0n) is 9.95. The van der Waals surface area contributed by atoms with Crippen LogP contribution in [0.4, 0.5) is 14.6 Å². The van der Waals surface area contributed by atoms with Crippen molar-refractivity contribution in [2.75, 3.05) is 12.4 Å². The van der Waals surface area contributed by atoms with Crippen LogP contribution in [-0.4, -0.2) is 23.1 Å². The molecule has 0 aliphatic carbocycles. The van der Waals surface area contributed by atoms with E-state index in [9.17, 15) is 18.7 Å². The maximum atomic E-state index is 13.2. The Balaban J connectivity index is 2.67. The molecule has 0 fully saturated rings. The maximum Gasteiger partial charge on any atom is 0.340 e. The Morgan fingerprint density at radius 2 is 2.00 bits per heavy atom. The molecule has 0 saturated heterocycles. The minimum atomic E-state index is -1.20. The van der Waals surface area contributed by atoms with Gasteiger partial charge < -0.3 is 10.4 Å². The van der Waals surface area contributed by atoms with Crippen LogP contribution in [0.15, 0.2) is 30.5 Å². The number of hydrogen-bond acceptors (Lipinski definition) is 3. The van der Waals surface area contributed by atoms with Gasteiger partial charge in [-0.3, -0.25) is 0 Å². The largest absolute Gasteiger partial charge is 0.478 e. The van der Waals surface area contributed by atoms with Gasteiger partial charge in [0, 0.05) is 18.8 Å². The lowest BCUT2D eigenvalue weighted by Crippen LogP contribution is -2.07. The molecule has 1 aromatic carbocycles. The molecule has 1 aromatic heterocycles. The number of rotatable bonds is 3. The SMILES string of the molecule is CNc1nccc(-c2ccc(F)c(F)c2)c1C(=O)O. The number of nitrogens with zero attached hydrogens (tertiary/aromatic N) is 1. The summed E-state index contributed by atoms with van der Waals surface area (Å²) in [6.07, 6.45) is 1.40. The molecule has 0 spiro atoms. The lowest BCUT2D eigenvalue weighted by atomic mass is 10.0. The number of nitrogens with one attached hydrogen (secondary N) is 1. The Morgan fingerprint density at radius 1 is 1.26 bits per heavy atom. The van der Waals surface area contributed by atoms with Crippen LogP contribution in [0.3, 0.4) is 0 Å². The molecule has 0 aliphatic heterocycles. The number of aromatic carboxylic acids is 1. The van der Waals surface area contributed by atoms with E-state index >= 15 is 0 Å². The fraction of sp³-hybridized carbons (Fsp3) is 0.0769.